The SMILES string of the molecule is CC.Cc1[nH]nc2c1CN(C(=O)OC(C)(C)C)CC21CC1. The minimum atomic E-state index is -0.445. The molecule has 0 unspecified atom stereocenters. The van der Waals surface area contributed by atoms with Crippen LogP contribution in [0.1, 0.15) is 64.4 Å². The normalized spacial score (nSPS) is 18.7. The van der Waals surface area contributed by atoms with Crippen LogP contribution in [0.2, 0.25) is 0 Å². The number of hydrogen-bond donors (Lipinski definition) is 1. The number of fused-ring (bicyclic) bond motifs is 2. The third-order valence-corrected chi connectivity index (χ3v) is 3.92. The minimum absolute atomic E-state index is 0.0925. The zero-order valence-corrected chi connectivity index (χ0v) is 14.0. The van der Waals surface area contributed by atoms with Crippen LogP contribution in [-0.2, 0) is 16.7 Å². The van der Waals surface area contributed by atoms with Crippen LogP contribution in [0.3, 0.4) is 0 Å². The maximum absolute atomic E-state index is 12.2. The summed E-state index contributed by atoms with van der Waals surface area (Å²) in [7, 11) is 0. The fourth-order valence-corrected chi connectivity index (χ4v) is 2.77. The molecule has 1 fully saturated rings. The number of nitrogens with zero attached hydrogens (tertiary/aromatic N) is 2. The van der Waals surface area contributed by atoms with E-state index in [9.17, 15) is 4.79 Å². The number of nitrogens with one attached hydrogen (secondary N) is 1. The molecule has 1 N–H and O–H groups in total. The van der Waals surface area contributed by atoms with Crippen molar-refractivity contribution in [2.45, 2.75) is 71.9 Å². The fourth-order valence-electron chi connectivity index (χ4n) is 2.77. The fraction of sp³-hybridized carbons (Fsp3) is 0.750. The molecule has 2 aliphatic rings. The highest BCUT2D eigenvalue weighted by Crippen LogP contribution is 2.52. The van der Waals surface area contributed by atoms with Crippen molar-refractivity contribution >= 4 is 6.09 Å². The summed E-state index contributed by atoms with van der Waals surface area (Å²) >= 11 is 0. The lowest BCUT2D eigenvalue weighted by Gasteiger charge is -2.34. The zero-order valence-electron chi connectivity index (χ0n) is 14.0. The lowest BCUT2D eigenvalue weighted by molar-refractivity contribution is 0.0195. The van der Waals surface area contributed by atoms with Crippen molar-refractivity contribution in [2.24, 2.45) is 0 Å². The highest BCUT2D eigenvalue weighted by molar-refractivity contribution is 5.69. The van der Waals surface area contributed by atoms with Gasteiger partial charge < -0.3 is 9.64 Å². The predicted molar refractivity (Wildman–Crippen MR) is 82.2 cm³/mol. The van der Waals surface area contributed by atoms with Crippen LogP contribution in [0, 0.1) is 6.92 Å². The molecule has 0 bridgehead atoms. The van der Waals surface area contributed by atoms with Gasteiger partial charge in [0.05, 0.1) is 12.2 Å². The highest BCUT2D eigenvalue weighted by Gasteiger charge is 2.52. The molecule has 0 atom stereocenters. The molecule has 1 spiro atoms. The second-order valence-electron chi connectivity index (χ2n) is 6.79. The first-order valence-electron chi connectivity index (χ1n) is 7.83. The van der Waals surface area contributed by atoms with Crippen LogP contribution in [0.4, 0.5) is 4.79 Å². The van der Waals surface area contributed by atoms with E-state index in [1.165, 1.54) is 11.3 Å². The van der Waals surface area contributed by atoms with E-state index < -0.39 is 5.60 Å². The van der Waals surface area contributed by atoms with Gasteiger partial charge >= 0.3 is 6.09 Å². The van der Waals surface area contributed by atoms with Gasteiger partial charge in [0.15, 0.2) is 0 Å². The lowest BCUT2D eigenvalue weighted by atomic mass is 9.92. The number of ether oxygens (including phenoxy) is 1. The molecule has 21 heavy (non-hydrogen) atoms. The van der Waals surface area contributed by atoms with Gasteiger partial charge in [0, 0.05) is 23.2 Å². The van der Waals surface area contributed by atoms with Gasteiger partial charge in [0.2, 0.25) is 0 Å². The van der Waals surface area contributed by atoms with E-state index in [2.05, 4.69) is 10.2 Å². The Hall–Kier alpha value is -1.52. The summed E-state index contributed by atoms with van der Waals surface area (Å²) in [4.78, 5) is 14.1. The number of hydrogen-bond acceptors (Lipinski definition) is 3. The third-order valence-electron chi connectivity index (χ3n) is 3.92. The van der Waals surface area contributed by atoms with Gasteiger partial charge in [0.25, 0.3) is 0 Å². The van der Waals surface area contributed by atoms with Crippen LogP contribution in [0.5, 0.6) is 0 Å². The summed E-state index contributed by atoms with van der Waals surface area (Å²) in [5.74, 6) is 0. The molecule has 3 rings (SSSR count). The summed E-state index contributed by atoms with van der Waals surface area (Å²) < 4.78 is 5.49. The van der Waals surface area contributed by atoms with E-state index in [4.69, 9.17) is 4.74 Å². The molecule has 1 amide bonds. The van der Waals surface area contributed by atoms with Crippen molar-refractivity contribution in [2.75, 3.05) is 6.54 Å². The number of aromatic nitrogens is 2. The number of amides is 1. The second-order valence-corrected chi connectivity index (χ2v) is 6.79. The van der Waals surface area contributed by atoms with Crippen molar-refractivity contribution in [3.05, 3.63) is 17.0 Å². The Kier molecular flexibility index (Phi) is 4.04. The van der Waals surface area contributed by atoms with E-state index >= 15 is 0 Å². The quantitative estimate of drug-likeness (QED) is 0.796. The summed E-state index contributed by atoms with van der Waals surface area (Å²) in [6.45, 7) is 13.1. The van der Waals surface area contributed by atoms with Gasteiger partial charge in [-0.05, 0) is 40.5 Å². The maximum atomic E-state index is 12.2. The summed E-state index contributed by atoms with van der Waals surface area (Å²) in [5, 5.41) is 7.49. The molecule has 1 aromatic heterocycles. The molecule has 1 aliphatic carbocycles. The first kappa shape index (κ1) is 15.9. The minimum Gasteiger partial charge on any atom is -0.444 e. The van der Waals surface area contributed by atoms with Crippen molar-refractivity contribution in [3.63, 3.8) is 0 Å². The molecule has 0 radical (unpaired) electrons. The van der Waals surface area contributed by atoms with Crippen LogP contribution in [-0.4, -0.2) is 33.3 Å². The van der Waals surface area contributed by atoms with Crippen molar-refractivity contribution in [3.8, 4) is 0 Å². The van der Waals surface area contributed by atoms with Crippen molar-refractivity contribution in [1.82, 2.24) is 15.1 Å². The number of aromatic amines is 1. The largest absolute Gasteiger partial charge is 0.444 e. The van der Waals surface area contributed by atoms with Crippen molar-refractivity contribution in [1.29, 1.82) is 0 Å². The molecule has 118 valence electrons. The van der Waals surface area contributed by atoms with Gasteiger partial charge in [-0.15, -0.1) is 0 Å². The third kappa shape index (κ3) is 3.06. The van der Waals surface area contributed by atoms with E-state index in [-0.39, 0.29) is 11.5 Å². The monoisotopic (exact) mass is 293 g/mol. The number of carbonyl (C=O) groups is 1. The average Bonchev–Trinajstić information content (AvgIpc) is 3.06. The Balaban J connectivity index is 0.000000774. The predicted octanol–water partition coefficient (Wildman–Crippen LogP) is 3.53. The van der Waals surface area contributed by atoms with Gasteiger partial charge in [0.1, 0.15) is 5.60 Å². The van der Waals surface area contributed by atoms with Gasteiger partial charge in [-0.2, -0.15) is 5.10 Å². The van der Waals surface area contributed by atoms with Crippen LogP contribution < -0.4 is 0 Å². The van der Waals surface area contributed by atoms with E-state index in [1.54, 1.807) is 0 Å². The Bertz CT molecular complexity index is 524. The Morgan fingerprint density at radius 3 is 2.48 bits per heavy atom. The summed E-state index contributed by atoms with van der Waals surface area (Å²) in [6.07, 6.45) is 2.01. The average molecular weight is 293 g/mol. The number of carbonyl (C=O) groups excluding carboxylic acids is 1. The lowest BCUT2D eigenvalue weighted by Crippen LogP contribution is -2.44. The Morgan fingerprint density at radius 1 is 1.33 bits per heavy atom. The molecule has 0 saturated heterocycles. The summed E-state index contributed by atoms with van der Waals surface area (Å²) in [6, 6.07) is 0. The van der Waals surface area contributed by atoms with Crippen molar-refractivity contribution < 1.29 is 9.53 Å². The van der Waals surface area contributed by atoms with E-state index in [0.717, 1.165) is 25.1 Å². The standard InChI is InChI=1S/C14H21N3O2.C2H6/c1-9-10-7-17(12(18)19-13(2,3)4)8-14(5-6-14)11(10)16-15-9;1-2/h5-8H2,1-4H3,(H,15,16);1-2H3. The van der Waals surface area contributed by atoms with E-state index in [1.807, 2.05) is 46.4 Å². The topological polar surface area (TPSA) is 58.2 Å². The first-order chi connectivity index (χ1) is 9.81. The zero-order chi connectivity index (χ0) is 15.8. The van der Waals surface area contributed by atoms with Crippen LogP contribution in [0.15, 0.2) is 0 Å². The molecule has 0 aromatic carbocycles. The molecule has 5 nitrogen and oxygen atoms in total. The molecule has 1 aromatic rings. The molecule has 5 heteroatoms. The molecule has 2 heterocycles. The molecule has 1 aliphatic heterocycles. The molecular formula is C16H27N3O2. The number of H-pyrrole nitrogens is 1. The second kappa shape index (κ2) is 5.35. The van der Waals surface area contributed by atoms with Gasteiger partial charge in [-0.1, -0.05) is 13.8 Å². The number of rotatable bonds is 0. The molecule has 1 saturated carbocycles. The first-order valence-corrected chi connectivity index (χ1v) is 7.83. The highest BCUT2D eigenvalue weighted by atomic mass is 16.6. The Labute approximate surface area is 127 Å². The van der Waals surface area contributed by atoms with Crippen LogP contribution in [0.25, 0.3) is 0 Å². The molecular weight excluding hydrogens is 266 g/mol. The summed E-state index contributed by atoms with van der Waals surface area (Å²) in [5.41, 5.74) is 3.06. The number of aryl methyl sites for hydroxylation is 1. The van der Waals surface area contributed by atoms with Gasteiger partial charge in [-0.3, -0.25) is 5.10 Å². The van der Waals surface area contributed by atoms with E-state index in [0.29, 0.717) is 6.54 Å². The van der Waals surface area contributed by atoms with Gasteiger partial charge in [-0.25, -0.2) is 4.79 Å². The maximum Gasteiger partial charge on any atom is 0.410 e. The smallest absolute Gasteiger partial charge is 0.410 e. The Morgan fingerprint density at radius 2 is 1.95 bits per heavy atom. The van der Waals surface area contributed by atoms with Crippen LogP contribution >= 0.6 is 0 Å².